The molecule has 7 heteroatoms. The molecule has 0 fully saturated rings. The number of carbonyl (C=O) groups is 1. The number of rotatable bonds is 4. The van der Waals surface area contributed by atoms with Crippen molar-refractivity contribution in [3.63, 3.8) is 0 Å². The molecule has 3 aromatic rings. The third-order valence-corrected chi connectivity index (χ3v) is 4.78. The van der Waals surface area contributed by atoms with E-state index in [2.05, 4.69) is 5.10 Å². The summed E-state index contributed by atoms with van der Waals surface area (Å²) in [6, 6.07) is 22.3. The lowest BCUT2D eigenvalue weighted by Crippen LogP contribution is -2.21. The van der Waals surface area contributed by atoms with Crippen LogP contribution in [0.1, 0.15) is 11.1 Å². The van der Waals surface area contributed by atoms with Gasteiger partial charge in [0.25, 0.3) is 11.6 Å². The van der Waals surface area contributed by atoms with Crippen LogP contribution in [-0.2, 0) is 4.79 Å². The van der Waals surface area contributed by atoms with Gasteiger partial charge in [0.15, 0.2) is 0 Å². The molecule has 0 saturated carbocycles. The Hall–Kier alpha value is -3.77. The molecule has 0 radical (unpaired) electrons. The number of nitro benzene ring substituents is 1. The molecule has 1 amide bonds. The minimum atomic E-state index is -0.489. The van der Waals surface area contributed by atoms with E-state index in [1.165, 1.54) is 29.3 Å². The van der Waals surface area contributed by atoms with Crippen molar-refractivity contribution in [2.75, 3.05) is 5.01 Å². The van der Waals surface area contributed by atoms with Gasteiger partial charge in [-0.25, -0.2) is 0 Å². The predicted octanol–water partition coefficient (Wildman–Crippen LogP) is 5.08. The van der Waals surface area contributed by atoms with E-state index in [0.717, 1.165) is 5.56 Å². The van der Waals surface area contributed by atoms with E-state index in [1.807, 2.05) is 48.5 Å². The topological polar surface area (TPSA) is 75.8 Å². The quantitative estimate of drug-likeness (QED) is 0.346. The highest BCUT2D eigenvalue weighted by Crippen LogP contribution is 2.30. The summed E-state index contributed by atoms with van der Waals surface area (Å²) in [5.74, 6) is -0.336. The van der Waals surface area contributed by atoms with E-state index in [1.54, 1.807) is 12.1 Å². The van der Waals surface area contributed by atoms with Crippen LogP contribution in [0, 0.1) is 10.1 Å². The van der Waals surface area contributed by atoms with E-state index < -0.39 is 4.92 Å². The van der Waals surface area contributed by atoms with Gasteiger partial charge in [0.1, 0.15) is 5.71 Å². The summed E-state index contributed by atoms with van der Waals surface area (Å²) in [4.78, 5) is 23.6. The van der Waals surface area contributed by atoms with Crippen molar-refractivity contribution in [2.24, 2.45) is 5.10 Å². The molecule has 0 aromatic heterocycles. The van der Waals surface area contributed by atoms with Crippen molar-refractivity contribution in [1.82, 2.24) is 0 Å². The van der Waals surface area contributed by atoms with E-state index >= 15 is 0 Å². The number of carbonyl (C=O) groups excluding carboxylic acids is 1. The second-order valence-electron chi connectivity index (χ2n) is 6.28. The molecule has 1 heterocycles. The van der Waals surface area contributed by atoms with Gasteiger partial charge in [0.05, 0.1) is 16.2 Å². The molecule has 0 N–H and O–H groups in total. The van der Waals surface area contributed by atoms with Crippen LogP contribution in [0.15, 0.2) is 89.5 Å². The van der Waals surface area contributed by atoms with Gasteiger partial charge in [-0.1, -0.05) is 60.1 Å². The molecule has 0 atom stereocenters. The maximum atomic E-state index is 13.2. The smallest absolute Gasteiger partial charge is 0.267 e. The van der Waals surface area contributed by atoms with Crippen LogP contribution < -0.4 is 5.01 Å². The number of hydrazone groups is 1. The van der Waals surface area contributed by atoms with Crippen molar-refractivity contribution in [3.8, 4) is 0 Å². The largest absolute Gasteiger partial charge is 0.281 e. The summed E-state index contributed by atoms with van der Waals surface area (Å²) in [5, 5.41) is 17.2. The van der Waals surface area contributed by atoms with Gasteiger partial charge in [0.2, 0.25) is 0 Å². The van der Waals surface area contributed by atoms with Gasteiger partial charge < -0.3 is 0 Å². The monoisotopic (exact) mass is 403 g/mol. The molecule has 6 nitrogen and oxygen atoms in total. The van der Waals surface area contributed by atoms with E-state index in [4.69, 9.17) is 11.6 Å². The maximum absolute atomic E-state index is 13.2. The number of non-ortho nitro benzene ring substituents is 1. The standard InChI is InChI=1S/C22H14ClN3O3/c23-20-9-5-4-8-16(20)14-19-21(15-6-2-1-3-7-15)24-25(22(19)27)17-10-12-18(13-11-17)26(28)29/h1-14H/b19-14+. The normalized spacial score (nSPS) is 14.9. The first-order valence-corrected chi connectivity index (χ1v) is 9.12. The lowest BCUT2D eigenvalue weighted by molar-refractivity contribution is -0.384. The van der Waals surface area contributed by atoms with Crippen LogP contribution in [0.4, 0.5) is 11.4 Å². The van der Waals surface area contributed by atoms with Crippen LogP contribution in [0.25, 0.3) is 6.08 Å². The van der Waals surface area contributed by atoms with Crippen molar-refractivity contribution in [2.45, 2.75) is 0 Å². The SMILES string of the molecule is O=C1/C(=C/c2ccccc2Cl)C(c2ccccc2)=NN1c1ccc([N+](=O)[O-])cc1. The second-order valence-corrected chi connectivity index (χ2v) is 6.69. The molecule has 1 aliphatic heterocycles. The first kappa shape index (κ1) is 18.6. The van der Waals surface area contributed by atoms with Crippen molar-refractivity contribution in [3.05, 3.63) is 111 Å². The maximum Gasteiger partial charge on any atom is 0.281 e. The van der Waals surface area contributed by atoms with Gasteiger partial charge in [-0.2, -0.15) is 10.1 Å². The highest BCUT2D eigenvalue weighted by Gasteiger charge is 2.32. The predicted molar refractivity (Wildman–Crippen MR) is 113 cm³/mol. The van der Waals surface area contributed by atoms with Crippen LogP contribution >= 0.6 is 11.6 Å². The molecule has 1 aliphatic rings. The van der Waals surface area contributed by atoms with Crippen LogP contribution in [0.2, 0.25) is 5.02 Å². The summed E-state index contributed by atoms with van der Waals surface area (Å²) in [5.41, 5.74) is 2.77. The third kappa shape index (κ3) is 3.66. The molecule has 0 saturated heterocycles. The Morgan fingerprint density at radius 2 is 1.59 bits per heavy atom. The molecule has 29 heavy (non-hydrogen) atoms. The summed E-state index contributed by atoms with van der Waals surface area (Å²) < 4.78 is 0. The van der Waals surface area contributed by atoms with Gasteiger partial charge in [-0.05, 0) is 29.8 Å². The van der Waals surface area contributed by atoms with Gasteiger partial charge >= 0.3 is 0 Å². The van der Waals surface area contributed by atoms with Gasteiger partial charge in [-0.15, -0.1) is 0 Å². The molecular formula is C22H14ClN3O3. The second kappa shape index (κ2) is 7.69. The Morgan fingerprint density at radius 1 is 0.931 bits per heavy atom. The van der Waals surface area contributed by atoms with Crippen LogP contribution in [-0.4, -0.2) is 16.5 Å². The minimum absolute atomic E-state index is 0.0560. The lowest BCUT2D eigenvalue weighted by atomic mass is 10.0. The fourth-order valence-corrected chi connectivity index (χ4v) is 3.18. The Balaban J connectivity index is 1.81. The van der Waals surface area contributed by atoms with Crippen molar-refractivity contribution >= 4 is 40.7 Å². The van der Waals surface area contributed by atoms with Crippen LogP contribution in [0.5, 0.6) is 0 Å². The number of benzene rings is 3. The average Bonchev–Trinajstić information content (AvgIpc) is 3.07. The third-order valence-electron chi connectivity index (χ3n) is 4.44. The zero-order valence-electron chi connectivity index (χ0n) is 15.0. The fraction of sp³-hybridized carbons (Fsp3) is 0. The summed E-state index contributed by atoms with van der Waals surface area (Å²) >= 11 is 6.27. The summed E-state index contributed by atoms with van der Waals surface area (Å²) in [6.45, 7) is 0. The average molecular weight is 404 g/mol. The minimum Gasteiger partial charge on any atom is -0.267 e. The first-order valence-electron chi connectivity index (χ1n) is 8.74. The van der Waals surface area contributed by atoms with Gasteiger partial charge in [-0.3, -0.25) is 14.9 Å². The van der Waals surface area contributed by atoms with E-state index in [9.17, 15) is 14.9 Å². The highest BCUT2D eigenvalue weighted by atomic mass is 35.5. The Kier molecular flexibility index (Phi) is 4.93. The fourth-order valence-electron chi connectivity index (χ4n) is 2.99. The molecular weight excluding hydrogens is 390 g/mol. The van der Waals surface area contributed by atoms with Crippen molar-refractivity contribution < 1.29 is 9.72 Å². The lowest BCUT2D eigenvalue weighted by Gasteiger charge is -2.11. The molecule has 4 rings (SSSR count). The Labute approximate surface area is 171 Å². The highest BCUT2D eigenvalue weighted by molar-refractivity contribution is 6.38. The number of hydrogen-bond donors (Lipinski definition) is 0. The zero-order chi connectivity index (χ0) is 20.4. The number of anilines is 1. The number of hydrogen-bond acceptors (Lipinski definition) is 4. The number of nitro groups is 1. The Bertz CT molecular complexity index is 1160. The molecule has 0 aliphatic carbocycles. The first-order chi connectivity index (χ1) is 14.0. The summed E-state index contributed by atoms with van der Waals surface area (Å²) in [6.07, 6.45) is 1.71. The number of amides is 1. The molecule has 0 spiro atoms. The number of halogens is 1. The number of nitrogens with zero attached hydrogens (tertiary/aromatic N) is 3. The van der Waals surface area contributed by atoms with Crippen molar-refractivity contribution in [1.29, 1.82) is 0 Å². The Morgan fingerprint density at radius 3 is 2.24 bits per heavy atom. The van der Waals surface area contributed by atoms with Gasteiger partial charge in [0, 0.05) is 22.7 Å². The molecule has 0 bridgehead atoms. The summed E-state index contributed by atoms with van der Waals surface area (Å²) in [7, 11) is 0. The van der Waals surface area contributed by atoms with Crippen LogP contribution in [0.3, 0.4) is 0 Å². The van der Waals surface area contributed by atoms with E-state index in [-0.39, 0.29) is 11.6 Å². The molecule has 0 unspecified atom stereocenters. The molecule has 3 aromatic carbocycles. The zero-order valence-corrected chi connectivity index (χ0v) is 15.8. The molecule has 142 valence electrons. The van der Waals surface area contributed by atoms with E-state index in [0.29, 0.717) is 27.6 Å².